The highest BCUT2D eigenvalue weighted by molar-refractivity contribution is 9.10. The van der Waals surface area contributed by atoms with Crippen LogP contribution in [-0.4, -0.2) is 17.4 Å². The van der Waals surface area contributed by atoms with Gasteiger partial charge >= 0.3 is 0 Å². The Balaban J connectivity index is 2.18. The number of carbonyl (C=O) groups is 1. The number of thiophene rings is 1. The predicted octanol–water partition coefficient (Wildman–Crippen LogP) is 5.48. The molecule has 1 heterocycles. The molecule has 0 atom stereocenters. The lowest BCUT2D eigenvalue weighted by Crippen LogP contribution is -2.29. The van der Waals surface area contributed by atoms with E-state index in [1.165, 1.54) is 11.3 Å². The van der Waals surface area contributed by atoms with Crippen molar-refractivity contribution in [2.75, 3.05) is 6.54 Å². The monoisotopic (exact) mass is 391 g/mol. The fourth-order valence-corrected chi connectivity index (χ4v) is 3.36. The van der Waals surface area contributed by atoms with Crippen molar-refractivity contribution in [3.05, 3.63) is 54.6 Å². The Kier molecular flexibility index (Phi) is 5.49. The molecule has 20 heavy (non-hydrogen) atoms. The Morgan fingerprint density at radius 3 is 2.60 bits per heavy atom. The van der Waals surface area contributed by atoms with E-state index >= 15 is 0 Å². The second-order valence-electron chi connectivity index (χ2n) is 4.15. The van der Waals surface area contributed by atoms with Crippen LogP contribution < -0.4 is 0 Å². The molecule has 0 bridgehead atoms. The van der Waals surface area contributed by atoms with Crippen molar-refractivity contribution >= 4 is 56.4 Å². The highest BCUT2D eigenvalue weighted by Gasteiger charge is 2.16. The molecule has 0 unspecified atom stereocenters. The molecule has 0 aliphatic rings. The van der Waals surface area contributed by atoms with Gasteiger partial charge in [0.1, 0.15) is 0 Å². The van der Waals surface area contributed by atoms with E-state index in [0.717, 1.165) is 13.7 Å². The van der Waals surface area contributed by atoms with E-state index in [4.69, 9.17) is 23.2 Å². The Labute approximate surface area is 140 Å². The SMILES string of the molecule is CCN(Cc1ccc(Cl)s1)C(=O)c1ccc(Cl)c(Br)c1. The topological polar surface area (TPSA) is 20.3 Å². The molecule has 0 spiro atoms. The summed E-state index contributed by atoms with van der Waals surface area (Å²) in [7, 11) is 0. The van der Waals surface area contributed by atoms with Gasteiger partial charge in [-0.1, -0.05) is 23.2 Å². The first-order valence-electron chi connectivity index (χ1n) is 5.99. The Hall–Kier alpha value is -0.550. The fourth-order valence-electron chi connectivity index (χ4n) is 1.76. The zero-order valence-electron chi connectivity index (χ0n) is 10.7. The van der Waals surface area contributed by atoms with E-state index in [2.05, 4.69) is 15.9 Å². The van der Waals surface area contributed by atoms with Crippen molar-refractivity contribution in [3.63, 3.8) is 0 Å². The zero-order valence-corrected chi connectivity index (χ0v) is 14.6. The van der Waals surface area contributed by atoms with Gasteiger partial charge in [-0.2, -0.15) is 0 Å². The van der Waals surface area contributed by atoms with Gasteiger partial charge in [0.05, 0.1) is 15.9 Å². The first kappa shape index (κ1) is 15.8. The van der Waals surface area contributed by atoms with Crippen LogP contribution in [0.3, 0.4) is 0 Å². The van der Waals surface area contributed by atoms with E-state index in [-0.39, 0.29) is 5.91 Å². The number of carbonyl (C=O) groups excluding carboxylic acids is 1. The van der Waals surface area contributed by atoms with Crippen molar-refractivity contribution < 1.29 is 4.79 Å². The van der Waals surface area contributed by atoms with Crippen molar-refractivity contribution in [3.8, 4) is 0 Å². The molecule has 0 aliphatic heterocycles. The third-order valence-corrected chi connectivity index (χ3v) is 5.24. The van der Waals surface area contributed by atoms with E-state index in [0.29, 0.717) is 23.7 Å². The molecule has 0 saturated heterocycles. The molecule has 2 nitrogen and oxygen atoms in total. The van der Waals surface area contributed by atoms with Gasteiger partial charge < -0.3 is 4.90 Å². The summed E-state index contributed by atoms with van der Waals surface area (Å²) in [6, 6.07) is 8.99. The van der Waals surface area contributed by atoms with Gasteiger partial charge in [-0.05, 0) is 53.2 Å². The number of amides is 1. The maximum Gasteiger partial charge on any atom is 0.254 e. The van der Waals surface area contributed by atoms with Gasteiger partial charge in [-0.25, -0.2) is 0 Å². The molecule has 6 heteroatoms. The van der Waals surface area contributed by atoms with Crippen molar-refractivity contribution in [2.45, 2.75) is 13.5 Å². The summed E-state index contributed by atoms with van der Waals surface area (Å²) in [6.45, 7) is 3.15. The van der Waals surface area contributed by atoms with E-state index in [1.807, 2.05) is 19.1 Å². The van der Waals surface area contributed by atoms with Crippen LogP contribution in [0.5, 0.6) is 0 Å². The second-order valence-corrected chi connectivity index (χ2v) is 7.22. The van der Waals surface area contributed by atoms with Crippen molar-refractivity contribution in [1.82, 2.24) is 4.90 Å². The van der Waals surface area contributed by atoms with Gasteiger partial charge in [0.15, 0.2) is 0 Å². The standard InChI is InChI=1S/C14H12BrCl2NOS/c1-2-18(8-10-4-6-13(17)20-10)14(19)9-3-5-12(16)11(15)7-9/h3-7H,2,8H2,1H3. The number of rotatable bonds is 4. The van der Waals surface area contributed by atoms with Crippen LogP contribution in [0.2, 0.25) is 9.36 Å². The third kappa shape index (κ3) is 3.76. The minimum atomic E-state index is -0.0191. The zero-order chi connectivity index (χ0) is 14.7. The molecule has 2 aromatic rings. The van der Waals surface area contributed by atoms with Gasteiger partial charge in [-0.15, -0.1) is 11.3 Å². The van der Waals surface area contributed by atoms with Crippen LogP contribution >= 0.6 is 50.5 Å². The summed E-state index contributed by atoms with van der Waals surface area (Å²) in [5, 5.41) is 0.592. The van der Waals surface area contributed by atoms with Gasteiger partial charge in [0.2, 0.25) is 0 Å². The molecular formula is C14H12BrCl2NOS. The molecule has 0 N–H and O–H groups in total. The lowest BCUT2D eigenvalue weighted by atomic mass is 10.2. The largest absolute Gasteiger partial charge is 0.334 e. The first-order valence-corrected chi connectivity index (χ1v) is 8.36. The number of hydrogen-bond donors (Lipinski definition) is 0. The smallest absolute Gasteiger partial charge is 0.254 e. The molecule has 106 valence electrons. The Morgan fingerprint density at radius 1 is 1.30 bits per heavy atom. The van der Waals surface area contributed by atoms with Crippen LogP contribution in [0.4, 0.5) is 0 Å². The quantitative estimate of drug-likeness (QED) is 0.674. The molecule has 0 saturated carbocycles. The van der Waals surface area contributed by atoms with Gasteiger partial charge in [0, 0.05) is 21.5 Å². The Morgan fingerprint density at radius 2 is 2.05 bits per heavy atom. The maximum absolute atomic E-state index is 12.5. The summed E-state index contributed by atoms with van der Waals surface area (Å²) in [6.07, 6.45) is 0. The van der Waals surface area contributed by atoms with Gasteiger partial charge in [0.25, 0.3) is 5.91 Å². The molecule has 1 amide bonds. The molecule has 0 radical (unpaired) electrons. The van der Waals surface area contributed by atoms with Crippen LogP contribution in [0, 0.1) is 0 Å². The lowest BCUT2D eigenvalue weighted by molar-refractivity contribution is 0.0754. The van der Waals surface area contributed by atoms with Crippen LogP contribution in [0.25, 0.3) is 0 Å². The average Bonchev–Trinajstić information content (AvgIpc) is 2.84. The summed E-state index contributed by atoms with van der Waals surface area (Å²) < 4.78 is 1.46. The number of nitrogens with zero attached hydrogens (tertiary/aromatic N) is 1. The third-order valence-electron chi connectivity index (χ3n) is 2.81. The van der Waals surface area contributed by atoms with E-state index in [1.54, 1.807) is 23.1 Å². The summed E-state index contributed by atoms with van der Waals surface area (Å²) in [5.74, 6) is -0.0191. The predicted molar refractivity (Wildman–Crippen MR) is 88.9 cm³/mol. The Bertz CT molecular complexity index is 629. The highest BCUT2D eigenvalue weighted by atomic mass is 79.9. The highest BCUT2D eigenvalue weighted by Crippen LogP contribution is 2.26. The molecule has 2 rings (SSSR count). The molecular weight excluding hydrogens is 381 g/mol. The van der Waals surface area contributed by atoms with Gasteiger partial charge in [-0.3, -0.25) is 4.79 Å². The minimum absolute atomic E-state index is 0.0191. The fraction of sp³-hybridized carbons (Fsp3) is 0.214. The minimum Gasteiger partial charge on any atom is -0.334 e. The number of halogens is 3. The second kappa shape index (κ2) is 6.94. The normalized spacial score (nSPS) is 10.6. The molecule has 0 fully saturated rings. The molecule has 1 aromatic carbocycles. The van der Waals surface area contributed by atoms with Crippen molar-refractivity contribution in [2.24, 2.45) is 0 Å². The van der Waals surface area contributed by atoms with Crippen LogP contribution in [-0.2, 0) is 6.54 Å². The van der Waals surface area contributed by atoms with Crippen molar-refractivity contribution in [1.29, 1.82) is 0 Å². The summed E-state index contributed by atoms with van der Waals surface area (Å²) in [5.41, 5.74) is 0.616. The lowest BCUT2D eigenvalue weighted by Gasteiger charge is -2.20. The summed E-state index contributed by atoms with van der Waals surface area (Å²) in [4.78, 5) is 15.3. The van der Waals surface area contributed by atoms with E-state index < -0.39 is 0 Å². The number of benzene rings is 1. The molecule has 0 aliphatic carbocycles. The van der Waals surface area contributed by atoms with Crippen LogP contribution in [0.15, 0.2) is 34.8 Å². The molecule has 1 aromatic heterocycles. The van der Waals surface area contributed by atoms with E-state index in [9.17, 15) is 4.79 Å². The average molecular weight is 393 g/mol. The maximum atomic E-state index is 12.5. The summed E-state index contributed by atoms with van der Waals surface area (Å²) >= 11 is 16.7. The number of hydrogen-bond acceptors (Lipinski definition) is 2. The van der Waals surface area contributed by atoms with Crippen LogP contribution in [0.1, 0.15) is 22.2 Å². The first-order chi connectivity index (χ1) is 9.51.